The Hall–Kier alpha value is -1.87. The molecule has 1 N–H and O–H groups in total. The molecule has 0 aromatic carbocycles. The maximum absolute atomic E-state index is 10.7. The summed E-state index contributed by atoms with van der Waals surface area (Å²) < 4.78 is 0. The lowest BCUT2D eigenvalue weighted by molar-refractivity contribution is -0.131. The van der Waals surface area contributed by atoms with Gasteiger partial charge in [-0.2, -0.15) is 0 Å². The molecule has 0 saturated heterocycles. The normalized spacial score (nSPS) is 18.8. The van der Waals surface area contributed by atoms with Gasteiger partial charge in [-0.05, 0) is 72.8 Å². The molecule has 0 radical (unpaired) electrons. The molecule has 1 aliphatic carbocycles. The van der Waals surface area contributed by atoms with Crippen LogP contribution in [0.4, 0.5) is 0 Å². The average Bonchev–Trinajstić information content (AvgIpc) is 2.90. The van der Waals surface area contributed by atoms with Crippen LogP contribution >= 0.6 is 11.3 Å². The van der Waals surface area contributed by atoms with Gasteiger partial charge in [0.1, 0.15) is 0 Å². The summed E-state index contributed by atoms with van der Waals surface area (Å²) in [7, 11) is 0. The van der Waals surface area contributed by atoms with Crippen molar-refractivity contribution in [3.8, 4) is 0 Å². The van der Waals surface area contributed by atoms with Crippen LogP contribution in [0.3, 0.4) is 0 Å². The van der Waals surface area contributed by atoms with Gasteiger partial charge >= 0.3 is 5.97 Å². The Labute approximate surface area is 148 Å². The fourth-order valence-corrected chi connectivity index (χ4v) is 4.02. The SMILES string of the molecule is CC1=C(C=Cc2sccc2/C=C/C(C)=C/C(=O)O)C(C)(C)CCC1. The third kappa shape index (κ3) is 4.81. The third-order valence-electron chi connectivity index (χ3n) is 4.55. The minimum absolute atomic E-state index is 0.243. The molecule has 0 aliphatic heterocycles. The van der Waals surface area contributed by atoms with Gasteiger partial charge in [0.05, 0.1) is 0 Å². The molecule has 0 spiro atoms. The first-order valence-corrected chi connectivity index (χ1v) is 9.23. The van der Waals surface area contributed by atoms with E-state index in [2.05, 4.69) is 44.4 Å². The molecule has 1 heterocycles. The minimum Gasteiger partial charge on any atom is -0.478 e. The zero-order valence-electron chi connectivity index (χ0n) is 14.9. The third-order valence-corrected chi connectivity index (χ3v) is 5.45. The van der Waals surface area contributed by atoms with Crippen LogP contribution in [0.15, 0.2) is 46.4 Å². The van der Waals surface area contributed by atoms with Crippen molar-refractivity contribution in [2.75, 3.05) is 0 Å². The van der Waals surface area contributed by atoms with E-state index in [1.54, 1.807) is 18.3 Å². The largest absolute Gasteiger partial charge is 0.478 e. The lowest BCUT2D eigenvalue weighted by Crippen LogP contribution is -2.18. The summed E-state index contributed by atoms with van der Waals surface area (Å²) in [5.41, 5.74) is 5.06. The number of allylic oxidation sites excluding steroid dienone is 5. The van der Waals surface area contributed by atoms with Crippen LogP contribution in [0.5, 0.6) is 0 Å². The molecule has 1 aromatic heterocycles. The molecule has 0 bridgehead atoms. The number of aliphatic carboxylic acids is 1. The second-order valence-electron chi connectivity index (χ2n) is 7.06. The van der Waals surface area contributed by atoms with Crippen LogP contribution in [0.1, 0.15) is 57.4 Å². The molecule has 1 aliphatic rings. The maximum Gasteiger partial charge on any atom is 0.328 e. The van der Waals surface area contributed by atoms with Gasteiger partial charge in [0.2, 0.25) is 0 Å². The van der Waals surface area contributed by atoms with E-state index < -0.39 is 5.97 Å². The fraction of sp³-hybridized carbons (Fsp3) is 0.381. The van der Waals surface area contributed by atoms with Gasteiger partial charge in [0.25, 0.3) is 0 Å². The first kappa shape index (κ1) is 18.5. The topological polar surface area (TPSA) is 37.3 Å². The highest BCUT2D eigenvalue weighted by Gasteiger charge is 2.26. The van der Waals surface area contributed by atoms with Crippen LogP contribution in [0.2, 0.25) is 0 Å². The summed E-state index contributed by atoms with van der Waals surface area (Å²) in [6.07, 6.45) is 13.2. The van der Waals surface area contributed by atoms with E-state index in [9.17, 15) is 4.79 Å². The van der Waals surface area contributed by atoms with Gasteiger partial charge < -0.3 is 5.11 Å². The summed E-state index contributed by atoms with van der Waals surface area (Å²) in [5.74, 6) is -0.912. The van der Waals surface area contributed by atoms with Crippen LogP contribution in [-0.2, 0) is 4.79 Å². The molecule has 2 nitrogen and oxygen atoms in total. The van der Waals surface area contributed by atoms with Crippen LogP contribution in [0.25, 0.3) is 12.2 Å². The molecular formula is C21H26O2S. The van der Waals surface area contributed by atoms with Crippen molar-refractivity contribution >= 4 is 29.5 Å². The lowest BCUT2D eigenvalue weighted by atomic mass is 9.72. The standard InChI is InChI=1S/C21H26O2S/c1-15(14-20(22)23)7-8-17-11-13-24-19(17)10-9-18-16(2)6-5-12-21(18,3)4/h7-11,13-14H,5-6,12H2,1-4H3,(H,22,23)/b8-7+,10-9?,15-14+. The first-order valence-electron chi connectivity index (χ1n) is 8.35. The Kier molecular flexibility index (Phi) is 6.00. The predicted molar refractivity (Wildman–Crippen MR) is 104 cm³/mol. The second-order valence-corrected chi connectivity index (χ2v) is 8.01. The van der Waals surface area contributed by atoms with Gasteiger partial charge in [-0.15, -0.1) is 11.3 Å². The van der Waals surface area contributed by atoms with Crippen molar-refractivity contribution in [1.82, 2.24) is 0 Å². The van der Waals surface area contributed by atoms with Gasteiger partial charge in [0, 0.05) is 11.0 Å². The number of carboxylic acids is 1. The Morgan fingerprint density at radius 3 is 2.71 bits per heavy atom. The summed E-state index contributed by atoms with van der Waals surface area (Å²) in [6, 6.07) is 2.07. The number of carboxylic acid groups (broad SMARTS) is 1. The molecule has 24 heavy (non-hydrogen) atoms. The molecule has 0 saturated carbocycles. The number of rotatable bonds is 5. The van der Waals surface area contributed by atoms with Crippen molar-refractivity contribution in [3.63, 3.8) is 0 Å². The molecule has 0 atom stereocenters. The van der Waals surface area contributed by atoms with E-state index in [4.69, 9.17) is 5.11 Å². The smallest absolute Gasteiger partial charge is 0.328 e. The van der Waals surface area contributed by atoms with E-state index >= 15 is 0 Å². The molecule has 1 aromatic rings. The van der Waals surface area contributed by atoms with E-state index in [0.29, 0.717) is 0 Å². The number of thiophene rings is 1. The van der Waals surface area contributed by atoms with Crippen molar-refractivity contribution in [2.24, 2.45) is 5.41 Å². The predicted octanol–water partition coefficient (Wildman–Crippen LogP) is 6.33. The zero-order chi connectivity index (χ0) is 17.7. The van der Waals surface area contributed by atoms with Crippen LogP contribution in [0, 0.1) is 5.41 Å². The van der Waals surface area contributed by atoms with Gasteiger partial charge in [-0.3, -0.25) is 0 Å². The van der Waals surface area contributed by atoms with Crippen molar-refractivity contribution < 1.29 is 9.90 Å². The Balaban J connectivity index is 2.22. The Bertz CT molecular complexity index is 727. The zero-order valence-corrected chi connectivity index (χ0v) is 15.7. The van der Waals surface area contributed by atoms with E-state index in [1.165, 1.54) is 41.4 Å². The fourth-order valence-electron chi connectivity index (χ4n) is 3.24. The highest BCUT2D eigenvalue weighted by Crippen LogP contribution is 2.41. The Morgan fingerprint density at radius 2 is 2.04 bits per heavy atom. The maximum atomic E-state index is 10.7. The summed E-state index contributed by atoms with van der Waals surface area (Å²) in [4.78, 5) is 11.9. The Morgan fingerprint density at radius 1 is 1.29 bits per heavy atom. The molecule has 0 fully saturated rings. The number of carbonyl (C=O) groups is 1. The molecule has 128 valence electrons. The van der Waals surface area contributed by atoms with Crippen LogP contribution in [-0.4, -0.2) is 11.1 Å². The molecule has 2 rings (SSSR count). The first-order chi connectivity index (χ1) is 11.3. The summed E-state index contributed by atoms with van der Waals surface area (Å²) in [5, 5.41) is 10.8. The summed E-state index contributed by atoms with van der Waals surface area (Å²) in [6.45, 7) is 8.69. The number of hydrogen-bond acceptors (Lipinski definition) is 2. The van der Waals surface area contributed by atoms with E-state index in [1.807, 2.05) is 12.2 Å². The molecule has 0 amide bonds. The molecule has 0 unspecified atom stereocenters. The quantitative estimate of drug-likeness (QED) is 0.501. The summed E-state index contributed by atoms with van der Waals surface area (Å²) >= 11 is 1.71. The molecular weight excluding hydrogens is 316 g/mol. The van der Waals surface area contributed by atoms with Gasteiger partial charge in [-0.1, -0.05) is 37.6 Å². The van der Waals surface area contributed by atoms with Crippen molar-refractivity contribution in [1.29, 1.82) is 0 Å². The molecule has 3 heteroatoms. The van der Waals surface area contributed by atoms with Crippen LogP contribution < -0.4 is 0 Å². The highest BCUT2D eigenvalue weighted by atomic mass is 32.1. The van der Waals surface area contributed by atoms with E-state index in [0.717, 1.165) is 11.1 Å². The van der Waals surface area contributed by atoms with E-state index in [-0.39, 0.29) is 5.41 Å². The van der Waals surface area contributed by atoms with Crippen molar-refractivity contribution in [2.45, 2.75) is 47.0 Å². The minimum atomic E-state index is -0.912. The lowest BCUT2D eigenvalue weighted by Gasteiger charge is -2.32. The number of hydrogen-bond donors (Lipinski definition) is 1. The second kappa shape index (κ2) is 7.80. The van der Waals surface area contributed by atoms with Gasteiger partial charge in [-0.25, -0.2) is 4.79 Å². The highest BCUT2D eigenvalue weighted by molar-refractivity contribution is 7.11. The van der Waals surface area contributed by atoms with Crippen molar-refractivity contribution in [3.05, 3.63) is 56.8 Å². The monoisotopic (exact) mass is 342 g/mol. The average molecular weight is 343 g/mol. The van der Waals surface area contributed by atoms with Gasteiger partial charge in [0.15, 0.2) is 0 Å².